The zero-order chi connectivity index (χ0) is 19.2. The molecule has 0 saturated heterocycles. The fourth-order valence-corrected chi connectivity index (χ4v) is 2.09. The van der Waals surface area contributed by atoms with Crippen LogP contribution in [0.25, 0.3) is 0 Å². The first kappa shape index (κ1) is 19.2. The van der Waals surface area contributed by atoms with E-state index >= 15 is 0 Å². The number of amidine groups is 1. The van der Waals surface area contributed by atoms with E-state index in [0.717, 1.165) is 11.8 Å². The average Bonchev–Trinajstić information content (AvgIpc) is 2.54. The molecule has 0 saturated carbocycles. The summed E-state index contributed by atoms with van der Waals surface area (Å²) in [4.78, 5) is 11.8. The maximum absolute atomic E-state index is 13.3. The van der Waals surface area contributed by atoms with Gasteiger partial charge in [0.05, 0.1) is 12.0 Å². The van der Waals surface area contributed by atoms with E-state index in [1.54, 1.807) is 12.1 Å². The molecule has 0 aliphatic heterocycles. The monoisotopic (exact) mass is 365 g/mol. The van der Waals surface area contributed by atoms with Crippen molar-refractivity contribution in [1.29, 1.82) is 5.41 Å². The molecule has 0 radical (unpaired) electrons. The summed E-state index contributed by atoms with van der Waals surface area (Å²) in [5, 5.41) is 12.7. The van der Waals surface area contributed by atoms with E-state index in [1.165, 1.54) is 12.3 Å². The summed E-state index contributed by atoms with van der Waals surface area (Å²) in [6.07, 6.45) is -2.48. The Morgan fingerprint density at radius 3 is 2.46 bits per heavy atom. The molecule has 1 amide bonds. The van der Waals surface area contributed by atoms with Crippen LogP contribution < -0.4 is 10.6 Å². The third-order valence-corrected chi connectivity index (χ3v) is 3.20. The second-order valence-electron chi connectivity index (χ2n) is 5.33. The van der Waals surface area contributed by atoms with Crippen molar-refractivity contribution < 1.29 is 22.4 Å². The highest BCUT2D eigenvalue weighted by atomic mass is 19.4. The van der Waals surface area contributed by atoms with Gasteiger partial charge in [-0.1, -0.05) is 18.2 Å². The van der Waals surface area contributed by atoms with Crippen LogP contribution in [0.1, 0.15) is 11.1 Å². The Morgan fingerprint density at radius 2 is 1.81 bits per heavy atom. The number of halogens is 4. The number of carbonyl (C=O) groups is 1. The van der Waals surface area contributed by atoms with Crippen LogP contribution in [0, 0.1) is 11.2 Å². The highest BCUT2D eigenvalue weighted by molar-refractivity contribution is 6.03. The first-order chi connectivity index (χ1) is 12.2. The van der Waals surface area contributed by atoms with Gasteiger partial charge in [0.1, 0.15) is 11.7 Å². The number of hydrogen-bond donors (Lipinski definition) is 3. The smallest absolute Gasteiger partial charge is 0.362 e. The van der Waals surface area contributed by atoms with E-state index in [9.17, 15) is 22.4 Å². The second-order valence-corrected chi connectivity index (χ2v) is 5.33. The lowest BCUT2D eigenvalue weighted by Gasteiger charge is -2.09. The number of carbonyl (C=O) groups excluding carboxylic acids is 1. The van der Waals surface area contributed by atoms with Crippen molar-refractivity contribution in [1.82, 2.24) is 5.32 Å². The lowest BCUT2D eigenvalue weighted by atomic mass is 10.1. The van der Waals surface area contributed by atoms with Crippen LogP contribution in [0.3, 0.4) is 0 Å². The average molecular weight is 365 g/mol. The number of hydrogen-bond acceptors (Lipinski definition) is 3. The van der Waals surface area contributed by atoms with Gasteiger partial charge >= 0.3 is 6.18 Å². The number of amides is 1. The van der Waals surface area contributed by atoms with Crippen molar-refractivity contribution in [2.75, 3.05) is 5.32 Å². The van der Waals surface area contributed by atoms with E-state index in [2.05, 4.69) is 10.6 Å². The van der Waals surface area contributed by atoms with Crippen LogP contribution in [0.4, 0.5) is 23.2 Å². The Morgan fingerprint density at radius 1 is 1.12 bits per heavy atom. The molecular formula is C18H15F4N3O. The number of benzene rings is 2. The minimum absolute atomic E-state index is 0.131. The molecule has 0 bridgehead atoms. The molecule has 136 valence electrons. The number of alkyl halides is 3. The van der Waals surface area contributed by atoms with Gasteiger partial charge in [0.15, 0.2) is 0 Å². The summed E-state index contributed by atoms with van der Waals surface area (Å²) in [5.74, 6) is -2.06. The molecule has 0 spiro atoms. The molecule has 2 aromatic carbocycles. The Hall–Kier alpha value is -3.16. The first-order valence-electron chi connectivity index (χ1n) is 7.47. The van der Waals surface area contributed by atoms with Gasteiger partial charge in [-0.3, -0.25) is 10.2 Å². The maximum Gasteiger partial charge on any atom is 0.416 e. The largest absolute Gasteiger partial charge is 0.416 e. The summed E-state index contributed by atoms with van der Waals surface area (Å²) in [6.45, 7) is 0. The summed E-state index contributed by atoms with van der Waals surface area (Å²) in [5.41, 5.74) is -0.515. The van der Waals surface area contributed by atoms with E-state index in [-0.39, 0.29) is 11.4 Å². The van der Waals surface area contributed by atoms with Gasteiger partial charge in [-0.2, -0.15) is 13.2 Å². The molecule has 0 aromatic heterocycles. The minimum Gasteiger partial charge on any atom is -0.362 e. The van der Waals surface area contributed by atoms with Crippen molar-refractivity contribution in [3.05, 3.63) is 77.8 Å². The molecule has 0 aliphatic carbocycles. The Bertz CT molecular complexity index is 817. The molecule has 0 unspecified atom stereocenters. The summed E-state index contributed by atoms with van der Waals surface area (Å²) < 4.78 is 51.3. The Balaban J connectivity index is 1.92. The highest BCUT2D eigenvalue weighted by Crippen LogP contribution is 2.30. The van der Waals surface area contributed by atoms with Gasteiger partial charge in [0.25, 0.3) is 0 Å². The van der Waals surface area contributed by atoms with Gasteiger partial charge in [-0.15, -0.1) is 0 Å². The molecule has 8 heteroatoms. The third-order valence-electron chi connectivity index (χ3n) is 3.20. The van der Waals surface area contributed by atoms with Gasteiger partial charge in [-0.05, 0) is 42.0 Å². The van der Waals surface area contributed by atoms with E-state index in [0.29, 0.717) is 12.1 Å². The van der Waals surface area contributed by atoms with Gasteiger partial charge in [0.2, 0.25) is 5.91 Å². The molecule has 2 aromatic rings. The highest BCUT2D eigenvalue weighted by Gasteiger charge is 2.31. The van der Waals surface area contributed by atoms with Crippen molar-refractivity contribution in [2.45, 2.75) is 12.6 Å². The van der Waals surface area contributed by atoms with E-state index in [4.69, 9.17) is 5.41 Å². The van der Waals surface area contributed by atoms with Gasteiger partial charge in [-0.25, -0.2) is 4.39 Å². The topological polar surface area (TPSA) is 65.0 Å². The quantitative estimate of drug-likeness (QED) is 0.424. The molecule has 2 rings (SSSR count). The predicted octanol–water partition coefficient (Wildman–Crippen LogP) is 4.11. The molecule has 0 heterocycles. The number of rotatable bonds is 5. The molecular weight excluding hydrogens is 350 g/mol. The van der Waals surface area contributed by atoms with E-state index in [1.807, 2.05) is 18.2 Å². The number of anilines is 1. The van der Waals surface area contributed by atoms with Crippen LogP contribution in [0.5, 0.6) is 0 Å². The van der Waals surface area contributed by atoms with Crippen molar-refractivity contribution in [3.63, 3.8) is 0 Å². The molecule has 3 N–H and O–H groups in total. The van der Waals surface area contributed by atoms with Gasteiger partial charge < -0.3 is 10.6 Å². The van der Waals surface area contributed by atoms with Crippen LogP contribution in [0.2, 0.25) is 0 Å². The molecule has 4 nitrogen and oxygen atoms in total. The summed E-state index contributed by atoms with van der Waals surface area (Å²) in [6, 6.07) is 11.0. The molecule has 0 fully saturated rings. The number of para-hydroxylation sites is 1. The Labute approximate surface area is 147 Å². The second kappa shape index (κ2) is 8.28. The Kier molecular flexibility index (Phi) is 6.11. The zero-order valence-electron chi connectivity index (χ0n) is 13.4. The predicted molar refractivity (Wildman–Crippen MR) is 90.2 cm³/mol. The molecule has 26 heavy (non-hydrogen) atoms. The van der Waals surface area contributed by atoms with Crippen LogP contribution in [-0.2, 0) is 17.4 Å². The minimum atomic E-state index is -4.70. The molecule has 0 aliphatic rings. The third kappa shape index (κ3) is 6.04. The fraction of sp³-hybridized carbons (Fsp3) is 0.111. The van der Waals surface area contributed by atoms with Crippen molar-refractivity contribution >= 4 is 17.4 Å². The lowest BCUT2D eigenvalue weighted by Crippen LogP contribution is -2.30. The van der Waals surface area contributed by atoms with E-state index < -0.39 is 29.9 Å². The van der Waals surface area contributed by atoms with Crippen LogP contribution >= 0.6 is 0 Å². The summed E-state index contributed by atoms with van der Waals surface area (Å²) >= 11 is 0. The normalized spacial score (nSPS) is 11.4. The lowest BCUT2D eigenvalue weighted by molar-refractivity contribution is -0.138. The van der Waals surface area contributed by atoms with Crippen LogP contribution in [0.15, 0.2) is 60.8 Å². The van der Waals surface area contributed by atoms with Crippen LogP contribution in [-0.4, -0.2) is 11.7 Å². The summed E-state index contributed by atoms with van der Waals surface area (Å²) in [7, 11) is 0. The van der Waals surface area contributed by atoms with Crippen molar-refractivity contribution in [2.24, 2.45) is 0 Å². The standard InChI is InChI=1S/C18H15F4N3O/c19-14-9-12(8-13(11-14)18(20,21)22)10-17(26)25-16(23)6-7-24-15-4-2-1-3-5-15/h1-9,11,24H,10H2,(H2,23,25,26)/b7-6-. The van der Waals surface area contributed by atoms with Gasteiger partial charge in [0, 0.05) is 11.9 Å². The maximum atomic E-state index is 13.3. The zero-order valence-corrected chi connectivity index (χ0v) is 13.4. The molecule has 0 atom stereocenters. The van der Waals surface area contributed by atoms with Crippen molar-refractivity contribution in [3.8, 4) is 0 Å². The fourth-order valence-electron chi connectivity index (χ4n) is 2.09. The number of nitrogens with one attached hydrogen (secondary N) is 3. The SMILES string of the molecule is N=C(/C=C\Nc1ccccc1)NC(=O)Cc1cc(F)cc(C(F)(F)F)c1. The first-order valence-corrected chi connectivity index (χ1v) is 7.47.